The predicted octanol–water partition coefficient (Wildman–Crippen LogP) is 1.33. The molecule has 0 aliphatic carbocycles. The molecule has 0 aromatic carbocycles. The Morgan fingerprint density at radius 1 is 1.62 bits per heavy atom. The Morgan fingerprint density at radius 2 is 2.38 bits per heavy atom. The average molecular weight is 196 g/mol. The summed E-state index contributed by atoms with van der Waals surface area (Å²) in [6.07, 6.45) is 1.82. The van der Waals surface area contributed by atoms with Crippen LogP contribution in [0.2, 0.25) is 0 Å². The molecule has 0 saturated carbocycles. The fourth-order valence-electron chi connectivity index (χ4n) is 1.58. The molecular formula is C9H12N2OS. The van der Waals surface area contributed by atoms with Crippen LogP contribution < -0.4 is 0 Å². The van der Waals surface area contributed by atoms with Crippen molar-refractivity contribution in [1.29, 1.82) is 0 Å². The molecule has 2 heterocycles. The van der Waals surface area contributed by atoms with Crippen LogP contribution >= 0.6 is 11.5 Å². The zero-order valence-corrected chi connectivity index (χ0v) is 8.65. The van der Waals surface area contributed by atoms with Gasteiger partial charge in [-0.3, -0.25) is 4.79 Å². The number of carbonyl (C=O) groups is 1. The molecule has 1 aliphatic heterocycles. The van der Waals surface area contributed by atoms with E-state index in [1.165, 1.54) is 16.4 Å². The highest BCUT2D eigenvalue weighted by Gasteiger charge is 2.26. The van der Waals surface area contributed by atoms with Crippen LogP contribution in [0.3, 0.4) is 0 Å². The zero-order valence-electron chi connectivity index (χ0n) is 7.83. The molecule has 1 aromatic rings. The maximum atomic E-state index is 11.7. The average Bonchev–Trinajstić information content (AvgIpc) is 2.55. The number of amides is 1. The largest absolute Gasteiger partial charge is 0.341 e. The van der Waals surface area contributed by atoms with Gasteiger partial charge in [-0.15, -0.1) is 0 Å². The van der Waals surface area contributed by atoms with Gasteiger partial charge in [0.1, 0.15) is 0 Å². The molecule has 1 amide bonds. The Balaban J connectivity index is 2.49. The molecule has 3 nitrogen and oxygen atoms in total. The van der Waals surface area contributed by atoms with Gasteiger partial charge in [0, 0.05) is 24.9 Å². The van der Waals surface area contributed by atoms with Gasteiger partial charge in [-0.05, 0) is 18.0 Å². The number of likely N-dealkylation sites (N-methyl/N-ethyl adjacent to an activating group) is 1. The van der Waals surface area contributed by atoms with E-state index in [0.29, 0.717) is 0 Å². The number of rotatable bonds is 1. The summed E-state index contributed by atoms with van der Waals surface area (Å²) in [6, 6.07) is 0. The van der Waals surface area contributed by atoms with Gasteiger partial charge in [0.05, 0.1) is 11.3 Å². The number of fused-ring (bicyclic) bond motifs is 1. The molecule has 1 aromatic heterocycles. The highest BCUT2D eigenvalue weighted by molar-refractivity contribution is 7.06. The quantitative estimate of drug-likeness (QED) is 0.679. The minimum atomic E-state index is 0.145. The minimum absolute atomic E-state index is 0.145. The van der Waals surface area contributed by atoms with Gasteiger partial charge >= 0.3 is 0 Å². The van der Waals surface area contributed by atoms with E-state index in [9.17, 15) is 4.79 Å². The van der Waals surface area contributed by atoms with Crippen LogP contribution in [-0.4, -0.2) is 28.8 Å². The Morgan fingerprint density at radius 3 is 3.08 bits per heavy atom. The third-order valence-electron chi connectivity index (χ3n) is 2.40. The van der Waals surface area contributed by atoms with E-state index in [0.717, 1.165) is 30.6 Å². The van der Waals surface area contributed by atoms with Crippen molar-refractivity contribution in [1.82, 2.24) is 9.27 Å². The van der Waals surface area contributed by atoms with Gasteiger partial charge in [-0.25, -0.2) is 0 Å². The van der Waals surface area contributed by atoms with E-state index >= 15 is 0 Å². The standard InChI is InChI=1S/C9H12N2OS/c1-3-6-8-7(13-10-6)4-5-11(2)9(8)12/h3-5H2,1-2H3. The number of hydrogen-bond acceptors (Lipinski definition) is 3. The van der Waals surface area contributed by atoms with Crippen molar-refractivity contribution < 1.29 is 4.79 Å². The van der Waals surface area contributed by atoms with Crippen LogP contribution in [0.4, 0.5) is 0 Å². The van der Waals surface area contributed by atoms with Gasteiger partial charge in [0.25, 0.3) is 5.91 Å². The molecular weight excluding hydrogens is 184 g/mol. The summed E-state index contributed by atoms with van der Waals surface area (Å²) in [5.74, 6) is 0.145. The number of aryl methyl sites for hydroxylation is 1. The van der Waals surface area contributed by atoms with Gasteiger partial charge < -0.3 is 4.90 Å². The zero-order chi connectivity index (χ0) is 9.42. The summed E-state index contributed by atoms with van der Waals surface area (Å²) < 4.78 is 4.30. The molecule has 0 N–H and O–H groups in total. The van der Waals surface area contributed by atoms with E-state index in [4.69, 9.17) is 0 Å². The van der Waals surface area contributed by atoms with Gasteiger partial charge in [0.2, 0.25) is 0 Å². The lowest BCUT2D eigenvalue weighted by molar-refractivity contribution is 0.0781. The van der Waals surface area contributed by atoms with Gasteiger partial charge in [0.15, 0.2) is 0 Å². The first kappa shape index (κ1) is 8.69. The van der Waals surface area contributed by atoms with Crippen LogP contribution in [0.25, 0.3) is 0 Å². The Kier molecular flexibility index (Phi) is 2.07. The third kappa shape index (κ3) is 1.25. The number of aromatic nitrogens is 1. The topological polar surface area (TPSA) is 33.2 Å². The van der Waals surface area contributed by atoms with Crippen molar-refractivity contribution in [3.8, 4) is 0 Å². The normalized spacial score (nSPS) is 16.2. The molecule has 0 saturated heterocycles. The van der Waals surface area contributed by atoms with Crippen molar-refractivity contribution in [2.75, 3.05) is 13.6 Å². The molecule has 0 atom stereocenters. The SMILES string of the molecule is CCc1nsc2c1C(=O)N(C)CC2. The molecule has 70 valence electrons. The fraction of sp³-hybridized carbons (Fsp3) is 0.556. The maximum absolute atomic E-state index is 11.7. The molecule has 2 rings (SSSR count). The first-order chi connectivity index (χ1) is 6.24. The molecule has 1 aliphatic rings. The maximum Gasteiger partial charge on any atom is 0.256 e. The second-order valence-electron chi connectivity index (χ2n) is 3.26. The van der Waals surface area contributed by atoms with Crippen molar-refractivity contribution in [3.05, 3.63) is 16.1 Å². The second-order valence-corrected chi connectivity index (χ2v) is 4.12. The van der Waals surface area contributed by atoms with Gasteiger partial charge in [-0.1, -0.05) is 6.92 Å². The number of hydrogen-bond donors (Lipinski definition) is 0. The Labute approximate surface area is 81.5 Å². The summed E-state index contributed by atoms with van der Waals surface area (Å²) in [7, 11) is 1.85. The van der Waals surface area contributed by atoms with Crippen molar-refractivity contribution in [2.24, 2.45) is 0 Å². The van der Waals surface area contributed by atoms with Crippen molar-refractivity contribution in [3.63, 3.8) is 0 Å². The lowest BCUT2D eigenvalue weighted by atomic mass is 10.1. The smallest absolute Gasteiger partial charge is 0.256 e. The lowest BCUT2D eigenvalue weighted by Gasteiger charge is -2.22. The molecule has 0 fully saturated rings. The molecule has 0 spiro atoms. The monoisotopic (exact) mass is 196 g/mol. The summed E-state index contributed by atoms with van der Waals surface area (Å²) in [4.78, 5) is 14.7. The third-order valence-corrected chi connectivity index (χ3v) is 3.34. The Bertz CT molecular complexity index is 332. The molecule has 0 bridgehead atoms. The van der Waals surface area contributed by atoms with E-state index in [-0.39, 0.29) is 5.91 Å². The van der Waals surface area contributed by atoms with E-state index in [2.05, 4.69) is 4.37 Å². The number of carbonyl (C=O) groups excluding carboxylic acids is 1. The Hall–Kier alpha value is -0.900. The highest BCUT2D eigenvalue weighted by Crippen LogP contribution is 2.25. The van der Waals surface area contributed by atoms with Crippen LogP contribution in [0, 0.1) is 0 Å². The fourth-order valence-corrected chi connectivity index (χ4v) is 2.50. The lowest BCUT2D eigenvalue weighted by Crippen LogP contribution is -2.33. The van der Waals surface area contributed by atoms with Crippen LogP contribution in [0.15, 0.2) is 0 Å². The van der Waals surface area contributed by atoms with Gasteiger partial charge in [-0.2, -0.15) is 4.37 Å². The molecule has 13 heavy (non-hydrogen) atoms. The summed E-state index contributed by atoms with van der Waals surface area (Å²) >= 11 is 1.48. The highest BCUT2D eigenvalue weighted by atomic mass is 32.1. The van der Waals surface area contributed by atoms with Crippen LogP contribution in [0.5, 0.6) is 0 Å². The van der Waals surface area contributed by atoms with E-state index in [1.807, 2.05) is 14.0 Å². The van der Waals surface area contributed by atoms with Crippen LogP contribution in [0.1, 0.15) is 27.9 Å². The summed E-state index contributed by atoms with van der Waals surface area (Å²) in [6.45, 7) is 2.87. The minimum Gasteiger partial charge on any atom is -0.341 e. The predicted molar refractivity (Wildman–Crippen MR) is 52.2 cm³/mol. The second kappa shape index (κ2) is 3.10. The molecule has 0 radical (unpaired) electrons. The first-order valence-electron chi connectivity index (χ1n) is 4.47. The van der Waals surface area contributed by atoms with E-state index in [1.54, 1.807) is 4.90 Å². The van der Waals surface area contributed by atoms with Crippen molar-refractivity contribution >= 4 is 17.4 Å². The van der Waals surface area contributed by atoms with E-state index < -0.39 is 0 Å². The summed E-state index contributed by atoms with van der Waals surface area (Å²) in [5.41, 5.74) is 1.85. The molecule has 4 heteroatoms. The first-order valence-corrected chi connectivity index (χ1v) is 5.24. The number of nitrogens with zero attached hydrogens (tertiary/aromatic N) is 2. The summed E-state index contributed by atoms with van der Waals surface area (Å²) in [5, 5.41) is 0. The van der Waals surface area contributed by atoms with Crippen LogP contribution in [-0.2, 0) is 12.8 Å². The molecule has 0 unspecified atom stereocenters. The van der Waals surface area contributed by atoms with Crippen molar-refractivity contribution in [2.45, 2.75) is 19.8 Å².